The molecule has 2 heterocycles. The Bertz CT molecular complexity index is 438. The van der Waals surface area contributed by atoms with Crippen LogP contribution in [-0.4, -0.2) is 42.7 Å². The summed E-state index contributed by atoms with van der Waals surface area (Å²) in [5, 5.41) is 3.16. The molecule has 0 bridgehead atoms. The fourth-order valence-corrected chi connectivity index (χ4v) is 2.34. The smallest absolute Gasteiger partial charge is 0.310 e. The number of anilines is 2. The van der Waals surface area contributed by atoms with Gasteiger partial charge in [0.05, 0.1) is 13.0 Å². The van der Waals surface area contributed by atoms with Gasteiger partial charge in [0, 0.05) is 25.7 Å². The van der Waals surface area contributed by atoms with E-state index < -0.39 is 0 Å². The van der Waals surface area contributed by atoms with Gasteiger partial charge in [-0.3, -0.25) is 4.79 Å². The number of nitrogens with zero attached hydrogens (tertiary/aromatic N) is 3. The van der Waals surface area contributed by atoms with Gasteiger partial charge in [-0.25, -0.2) is 9.97 Å². The monoisotopic (exact) mass is 264 g/mol. The lowest BCUT2D eigenvalue weighted by atomic mass is 9.98. The number of ether oxygens (including phenoxy) is 1. The van der Waals surface area contributed by atoms with E-state index in [0.29, 0.717) is 6.54 Å². The van der Waals surface area contributed by atoms with Crippen LogP contribution in [0.5, 0.6) is 0 Å². The molecule has 1 unspecified atom stereocenters. The van der Waals surface area contributed by atoms with Crippen LogP contribution in [0.4, 0.5) is 11.6 Å². The van der Waals surface area contributed by atoms with E-state index in [0.717, 1.165) is 37.6 Å². The van der Waals surface area contributed by atoms with Crippen molar-refractivity contribution in [1.29, 1.82) is 0 Å². The van der Waals surface area contributed by atoms with Gasteiger partial charge in [-0.2, -0.15) is 0 Å². The predicted molar refractivity (Wildman–Crippen MR) is 73.1 cm³/mol. The van der Waals surface area contributed by atoms with E-state index in [1.165, 1.54) is 7.11 Å². The minimum Gasteiger partial charge on any atom is -0.469 e. The lowest BCUT2D eigenvalue weighted by Crippen LogP contribution is -2.39. The summed E-state index contributed by atoms with van der Waals surface area (Å²) in [4.78, 5) is 22.2. The van der Waals surface area contributed by atoms with Crippen LogP contribution in [0.3, 0.4) is 0 Å². The van der Waals surface area contributed by atoms with E-state index in [-0.39, 0.29) is 11.9 Å². The molecule has 2 rings (SSSR count). The second-order valence-corrected chi connectivity index (χ2v) is 4.60. The van der Waals surface area contributed by atoms with Crippen LogP contribution >= 0.6 is 0 Å². The second kappa shape index (κ2) is 6.36. The number of piperidine rings is 1. The number of carbonyl (C=O) groups is 1. The minimum absolute atomic E-state index is 0.0590. The van der Waals surface area contributed by atoms with Gasteiger partial charge in [0.15, 0.2) is 0 Å². The lowest BCUT2D eigenvalue weighted by molar-refractivity contribution is -0.145. The van der Waals surface area contributed by atoms with E-state index in [1.54, 1.807) is 6.33 Å². The first-order valence-electron chi connectivity index (χ1n) is 6.63. The zero-order valence-corrected chi connectivity index (χ0v) is 11.4. The van der Waals surface area contributed by atoms with Gasteiger partial charge >= 0.3 is 5.97 Å². The largest absolute Gasteiger partial charge is 0.469 e. The zero-order valence-electron chi connectivity index (χ0n) is 11.4. The highest BCUT2D eigenvalue weighted by atomic mass is 16.5. The van der Waals surface area contributed by atoms with Crippen molar-refractivity contribution in [3.05, 3.63) is 12.4 Å². The number of hydrogen-bond acceptors (Lipinski definition) is 6. The van der Waals surface area contributed by atoms with E-state index in [4.69, 9.17) is 4.74 Å². The van der Waals surface area contributed by atoms with Crippen molar-refractivity contribution in [3.8, 4) is 0 Å². The van der Waals surface area contributed by atoms with Gasteiger partial charge in [-0.15, -0.1) is 0 Å². The van der Waals surface area contributed by atoms with Crippen LogP contribution in [0.2, 0.25) is 0 Å². The summed E-state index contributed by atoms with van der Waals surface area (Å²) in [7, 11) is 1.44. The quantitative estimate of drug-likeness (QED) is 0.827. The van der Waals surface area contributed by atoms with Crippen molar-refractivity contribution < 1.29 is 9.53 Å². The number of aromatic nitrogens is 2. The number of carbonyl (C=O) groups excluding carboxylic acids is 1. The molecule has 1 aliphatic rings. The summed E-state index contributed by atoms with van der Waals surface area (Å²) in [6.07, 6.45) is 3.41. The molecule has 6 nitrogen and oxygen atoms in total. The second-order valence-electron chi connectivity index (χ2n) is 4.60. The molecule has 1 N–H and O–H groups in total. The van der Waals surface area contributed by atoms with Crippen LogP contribution in [-0.2, 0) is 9.53 Å². The van der Waals surface area contributed by atoms with Crippen molar-refractivity contribution in [2.45, 2.75) is 19.8 Å². The predicted octanol–water partition coefficient (Wildman–Crippen LogP) is 1.30. The Hall–Kier alpha value is -1.85. The van der Waals surface area contributed by atoms with E-state index in [2.05, 4.69) is 20.2 Å². The SMILES string of the molecule is CCNc1cc(N2CCCC(C(=O)OC)C2)ncn1. The molecule has 1 aliphatic heterocycles. The molecule has 0 spiro atoms. The Morgan fingerprint density at radius 2 is 2.42 bits per heavy atom. The molecular formula is C13H20N4O2. The maximum atomic E-state index is 11.6. The minimum atomic E-state index is -0.134. The number of rotatable bonds is 4. The van der Waals surface area contributed by atoms with Crippen molar-refractivity contribution in [2.24, 2.45) is 5.92 Å². The summed E-state index contributed by atoms with van der Waals surface area (Å²) >= 11 is 0. The van der Waals surface area contributed by atoms with Crippen LogP contribution in [0, 0.1) is 5.92 Å². The fourth-order valence-electron chi connectivity index (χ4n) is 2.34. The molecule has 0 amide bonds. The van der Waals surface area contributed by atoms with Gasteiger partial charge < -0.3 is 15.0 Å². The van der Waals surface area contributed by atoms with Crippen LogP contribution in [0.1, 0.15) is 19.8 Å². The highest BCUT2D eigenvalue weighted by Gasteiger charge is 2.27. The summed E-state index contributed by atoms with van der Waals surface area (Å²) in [5.74, 6) is 1.48. The van der Waals surface area contributed by atoms with E-state index in [9.17, 15) is 4.79 Å². The van der Waals surface area contributed by atoms with E-state index >= 15 is 0 Å². The zero-order chi connectivity index (χ0) is 13.7. The standard InChI is InChI=1S/C13H20N4O2/c1-3-14-11-7-12(16-9-15-11)17-6-4-5-10(8-17)13(18)19-2/h7,9-10H,3-6,8H2,1-2H3,(H,14,15,16). The molecular weight excluding hydrogens is 244 g/mol. The number of nitrogens with one attached hydrogen (secondary N) is 1. The molecule has 0 aromatic carbocycles. The highest BCUT2D eigenvalue weighted by molar-refractivity contribution is 5.73. The van der Waals surface area contributed by atoms with Crippen molar-refractivity contribution in [1.82, 2.24) is 9.97 Å². The normalized spacial score (nSPS) is 19.1. The van der Waals surface area contributed by atoms with Crippen molar-refractivity contribution in [2.75, 3.05) is 37.0 Å². The Morgan fingerprint density at radius 3 is 3.16 bits per heavy atom. The molecule has 1 saturated heterocycles. The number of esters is 1. The molecule has 1 atom stereocenters. The van der Waals surface area contributed by atoms with Crippen molar-refractivity contribution in [3.63, 3.8) is 0 Å². The molecule has 0 aliphatic carbocycles. The Morgan fingerprint density at radius 1 is 1.58 bits per heavy atom. The first-order valence-corrected chi connectivity index (χ1v) is 6.63. The summed E-state index contributed by atoms with van der Waals surface area (Å²) < 4.78 is 4.83. The first-order chi connectivity index (χ1) is 9.24. The Balaban J connectivity index is 2.08. The molecule has 19 heavy (non-hydrogen) atoms. The molecule has 104 valence electrons. The molecule has 0 radical (unpaired) electrons. The molecule has 1 aromatic heterocycles. The molecule has 6 heteroatoms. The molecule has 1 aromatic rings. The Labute approximate surface area is 113 Å². The van der Waals surface area contributed by atoms with Crippen LogP contribution in [0.15, 0.2) is 12.4 Å². The van der Waals surface area contributed by atoms with Crippen molar-refractivity contribution >= 4 is 17.6 Å². The third kappa shape index (κ3) is 3.33. The summed E-state index contributed by atoms with van der Waals surface area (Å²) in [6, 6.07) is 1.92. The maximum Gasteiger partial charge on any atom is 0.310 e. The third-order valence-corrected chi connectivity index (χ3v) is 3.29. The average molecular weight is 264 g/mol. The topological polar surface area (TPSA) is 67.4 Å². The summed E-state index contributed by atoms with van der Waals surface area (Å²) in [5.41, 5.74) is 0. The lowest BCUT2D eigenvalue weighted by Gasteiger charge is -2.32. The van der Waals surface area contributed by atoms with E-state index in [1.807, 2.05) is 13.0 Å². The third-order valence-electron chi connectivity index (χ3n) is 3.29. The molecule has 0 saturated carbocycles. The maximum absolute atomic E-state index is 11.6. The number of hydrogen-bond donors (Lipinski definition) is 1. The van der Waals surface area contributed by atoms with Gasteiger partial charge in [0.2, 0.25) is 0 Å². The fraction of sp³-hybridized carbons (Fsp3) is 0.615. The van der Waals surface area contributed by atoms with Gasteiger partial charge in [-0.1, -0.05) is 0 Å². The van der Waals surface area contributed by atoms with Gasteiger partial charge in [0.25, 0.3) is 0 Å². The van der Waals surface area contributed by atoms with Gasteiger partial charge in [-0.05, 0) is 19.8 Å². The summed E-state index contributed by atoms with van der Waals surface area (Å²) in [6.45, 7) is 4.42. The van der Waals surface area contributed by atoms with Crippen LogP contribution < -0.4 is 10.2 Å². The average Bonchev–Trinajstić information content (AvgIpc) is 2.47. The first kappa shape index (κ1) is 13.6. The van der Waals surface area contributed by atoms with Crippen LogP contribution in [0.25, 0.3) is 0 Å². The number of methoxy groups -OCH3 is 1. The Kier molecular flexibility index (Phi) is 4.54. The highest BCUT2D eigenvalue weighted by Crippen LogP contribution is 2.23. The molecule has 1 fully saturated rings. The van der Waals surface area contributed by atoms with Gasteiger partial charge in [0.1, 0.15) is 18.0 Å².